The number of rotatable bonds is 3. The molecule has 6 N–H and O–H groups in total. The molecule has 0 fully saturated rings. The minimum absolute atomic E-state index is 0.734. The van der Waals surface area contributed by atoms with E-state index >= 15 is 0 Å². The first kappa shape index (κ1) is 22.8. The van der Waals surface area contributed by atoms with Gasteiger partial charge in [-0.05, 0) is 96.1 Å². The predicted molar refractivity (Wildman–Crippen MR) is 156 cm³/mol. The number of H-pyrrole nitrogens is 4. The fourth-order valence-electron chi connectivity index (χ4n) is 5.22. The van der Waals surface area contributed by atoms with Crippen LogP contribution >= 0.6 is 0 Å². The van der Waals surface area contributed by atoms with Crippen molar-refractivity contribution in [2.45, 2.75) is 0 Å². The van der Waals surface area contributed by atoms with E-state index in [9.17, 15) is 0 Å². The van der Waals surface area contributed by atoms with Gasteiger partial charge < -0.3 is 30.4 Å². The van der Waals surface area contributed by atoms with Crippen molar-refractivity contribution in [1.29, 1.82) is 0 Å². The van der Waals surface area contributed by atoms with Crippen molar-refractivity contribution in [3.05, 3.63) is 152 Å². The summed E-state index contributed by atoms with van der Waals surface area (Å²) in [6.07, 6.45) is 4.23. The molecule has 0 saturated heterocycles. The molecule has 0 atom stereocenters. The van der Waals surface area contributed by atoms with E-state index in [0.717, 1.165) is 77.9 Å². The van der Waals surface area contributed by atoms with Gasteiger partial charge in [0.25, 0.3) is 0 Å². The van der Waals surface area contributed by atoms with Crippen molar-refractivity contribution in [1.82, 2.24) is 19.9 Å². The summed E-state index contributed by atoms with van der Waals surface area (Å²) in [4.78, 5) is 14.5. The number of nitrogens with one attached hydrogen (secondary N) is 4. The molecule has 5 heterocycles. The molecular weight excluding hydrogens is 482 g/mol. The van der Waals surface area contributed by atoms with Crippen LogP contribution in [0.5, 0.6) is 5.75 Å². The largest absolute Gasteiger partial charge is 0.497 e. The molecule has 6 nitrogen and oxygen atoms in total. The zero-order valence-corrected chi connectivity index (χ0v) is 21.4. The highest BCUT2D eigenvalue weighted by atomic mass is 16.5. The molecule has 6 aromatic rings. The molecule has 8 bridgehead atoms. The third-order valence-corrected chi connectivity index (χ3v) is 7.11. The molecule has 0 radical (unpaired) electrons. The van der Waals surface area contributed by atoms with Gasteiger partial charge in [0, 0.05) is 61.0 Å². The van der Waals surface area contributed by atoms with E-state index in [2.05, 4.69) is 105 Å². The normalized spacial score (nSPS) is 12.6. The standard InChI is InChI=1S/C33H27N5O/c1-39-27-12-4-21(5-13-27)33-29-15-11-26(37-29)19-24-9-8-23(35-24)18-25-10-14-28(36-25)32(30-16-17-31(33)38-30)20-2-6-22(34)7-3-20/h2-19,35-38H,34H2,1H3. The number of anilines is 1. The highest BCUT2D eigenvalue weighted by Crippen LogP contribution is 2.26. The van der Waals surface area contributed by atoms with E-state index in [1.807, 2.05) is 24.3 Å². The average Bonchev–Trinajstić information content (AvgIpc) is 3.77. The highest BCUT2D eigenvalue weighted by molar-refractivity contribution is 5.82. The molecule has 1 aliphatic heterocycles. The van der Waals surface area contributed by atoms with Gasteiger partial charge in [0.05, 0.1) is 7.11 Å². The number of aromatic nitrogens is 4. The molecule has 0 saturated carbocycles. The van der Waals surface area contributed by atoms with Gasteiger partial charge in [-0.25, -0.2) is 0 Å². The molecule has 7 rings (SSSR count). The molecule has 39 heavy (non-hydrogen) atoms. The first-order valence-corrected chi connectivity index (χ1v) is 12.8. The summed E-state index contributed by atoms with van der Waals surface area (Å²) in [6, 6.07) is 33.1. The molecule has 0 aliphatic carbocycles. The summed E-state index contributed by atoms with van der Waals surface area (Å²) in [5.41, 5.74) is 15.1. The maximum Gasteiger partial charge on any atom is 0.118 e. The van der Waals surface area contributed by atoms with Crippen LogP contribution in [0, 0.1) is 0 Å². The zero-order valence-electron chi connectivity index (χ0n) is 21.4. The van der Waals surface area contributed by atoms with E-state index in [4.69, 9.17) is 10.5 Å². The summed E-state index contributed by atoms with van der Waals surface area (Å²) in [5, 5.41) is 4.05. The van der Waals surface area contributed by atoms with Gasteiger partial charge >= 0.3 is 0 Å². The van der Waals surface area contributed by atoms with Crippen LogP contribution in [0.4, 0.5) is 5.69 Å². The molecule has 0 amide bonds. The van der Waals surface area contributed by atoms with Gasteiger partial charge in [-0.1, -0.05) is 24.3 Å². The van der Waals surface area contributed by atoms with Gasteiger partial charge in [-0.2, -0.15) is 0 Å². The first-order chi connectivity index (χ1) is 19.1. The third-order valence-electron chi connectivity index (χ3n) is 7.11. The molecule has 0 unspecified atom stereocenters. The number of ether oxygens (including phenoxy) is 1. The summed E-state index contributed by atoms with van der Waals surface area (Å²) in [7, 11) is 1.68. The van der Waals surface area contributed by atoms with Crippen LogP contribution in [0.25, 0.3) is 23.3 Å². The summed E-state index contributed by atoms with van der Waals surface area (Å²) < 4.78 is 5.42. The lowest BCUT2D eigenvalue weighted by molar-refractivity contribution is 0.415. The Balaban J connectivity index is 1.55. The van der Waals surface area contributed by atoms with Crippen LogP contribution in [-0.2, 0) is 0 Å². The Morgan fingerprint density at radius 1 is 0.513 bits per heavy atom. The van der Waals surface area contributed by atoms with E-state index in [-0.39, 0.29) is 0 Å². The van der Waals surface area contributed by atoms with Crippen LogP contribution in [-0.4, -0.2) is 27.0 Å². The Hall–Kier alpha value is -5.36. The molecule has 0 spiro atoms. The fraction of sp³-hybridized carbons (Fsp3) is 0.0303. The van der Waals surface area contributed by atoms with Crippen LogP contribution in [0.3, 0.4) is 0 Å². The topological polar surface area (TPSA) is 98.4 Å². The van der Waals surface area contributed by atoms with Crippen molar-refractivity contribution in [2.24, 2.45) is 0 Å². The van der Waals surface area contributed by atoms with Gasteiger partial charge in [-0.15, -0.1) is 0 Å². The Kier molecular flexibility index (Phi) is 5.37. The minimum Gasteiger partial charge on any atom is -0.497 e. The molecule has 190 valence electrons. The second kappa shape index (κ2) is 9.19. The zero-order chi connectivity index (χ0) is 26.3. The molecule has 2 aromatic carbocycles. The van der Waals surface area contributed by atoms with Crippen LogP contribution < -0.4 is 31.9 Å². The second-order valence-corrected chi connectivity index (χ2v) is 9.70. The lowest BCUT2D eigenvalue weighted by Crippen LogP contribution is -2.16. The number of fused-ring (bicyclic) bond motifs is 8. The Morgan fingerprint density at radius 3 is 1.54 bits per heavy atom. The van der Waals surface area contributed by atoms with Crippen molar-refractivity contribution in [2.75, 3.05) is 12.8 Å². The number of methoxy groups -OCH3 is 1. The molecule has 4 aromatic heterocycles. The summed E-state index contributed by atoms with van der Waals surface area (Å²) in [5.74, 6) is 0.820. The van der Waals surface area contributed by atoms with Crippen molar-refractivity contribution in [3.8, 4) is 5.75 Å². The lowest BCUT2D eigenvalue weighted by Gasteiger charge is -2.09. The Bertz CT molecular complexity index is 2050. The van der Waals surface area contributed by atoms with Gasteiger partial charge in [0.2, 0.25) is 0 Å². The number of nitrogen functional groups attached to an aromatic ring is 1. The predicted octanol–water partition coefficient (Wildman–Crippen LogP) is 3.06. The lowest BCUT2D eigenvalue weighted by atomic mass is 10.0. The van der Waals surface area contributed by atoms with E-state index in [1.54, 1.807) is 7.11 Å². The van der Waals surface area contributed by atoms with E-state index < -0.39 is 0 Å². The van der Waals surface area contributed by atoms with Crippen molar-refractivity contribution < 1.29 is 4.74 Å². The third kappa shape index (κ3) is 4.28. The summed E-state index contributed by atoms with van der Waals surface area (Å²) in [6.45, 7) is 0. The monoisotopic (exact) mass is 509 g/mol. The van der Waals surface area contributed by atoms with E-state index in [0.29, 0.717) is 0 Å². The van der Waals surface area contributed by atoms with Crippen LogP contribution in [0.2, 0.25) is 0 Å². The van der Waals surface area contributed by atoms with Gasteiger partial charge in [0.15, 0.2) is 0 Å². The van der Waals surface area contributed by atoms with Gasteiger partial charge in [-0.3, -0.25) is 0 Å². The highest BCUT2D eigenvalue weighted by Gasteiger charge is 2.15. The Morgan fingerprint density at radius 2 is 1.03 bits per heavy atom. The minimum atomic E-state index is 0.734. The SMILES string of the molecule is COc1ccc(C2=c3ccc([nH]3)=Cc3ccc([nH]3)C=c3ccc([nH]3)=C(c3ccc(N)cc3)c3ccc2[nH]3)cc1. The quantitative estimate of drug-likeness (QED) is 0.237. The van der Waals surface area contributed by atoms with Crippen molar-refractivity contribution in [3.63, 3.8) is 0 Å². The van der Waals surface area contributed by atoms with Crippen LogP contribution in [0.15, 0.2) is 97.1 Å². The molecule has 1 aliphatic rings. The molecule has 6 heteroatoms. The second-order valence-electron chi connectivity index (χ2n) is 9.70. The van der Waals surface area contributed by atoms with Gasteiger partial charge in [0.1, 0.15) is 5.75 Å². The van der Waals surface area contributed by atoms with Crippen molar-refractivity contribution >= 4 is 29.0 Å². The summed E-state index contributed by atoms with van der Waals surface area (Å²) >= 11 is 0. The number of aromatic amines is 4. The number of hydrogen-bond donors (Lipinski definition) is 5. The fourth-order valence-corrected chi connectivity index (χ4v) is 5.22. The number of benzene rings is 2. The number of nitrogens with two attached hydrogens (primary N) is 1. The Labute approximate surface area is 224 Å². The maximum atomic E-state index is 6.03. The number of hydrogen-bond acceptors (Lipinski definition) is 2. The van der Waals surface area contributed by atoms with Crippen LogP contribution in [0.1, 0.15) is 33.9 Å². The first-order valence-electron chi connectivity index (χ1n) is 12.8. The maximum absolute atomic E-state index is 6.03. The smallest absolute Gasteiger partial charge is 0.118 e. The van der Waals surface area contributed by atoms with E-state index in [1.165, 1.54) is 0 Å². The molecular formula is C33H27N5O. The average molecular weight is 510 g/mol.